The van der Waals surface area contributed by atoms with Crippen LogP contribution in [-0.2, 0) is 16.6 Å². The molecule has 0 aliphatic heterocycles. The quantitative estimate of drug-likeness (QED) is 0.494. The highest BCUT2D eigenvalue weighted by atomic mass is 32.1. The third kappa shape index (κ3) is 3.39. The van der Waals surface area contributed by atoms with E-state index in [4.69, 9.17) is 4.74 Å². The van der Waals surface area contributed by atoms with Gasteiger partial charge in [-0.05, 0) is 91.5 Å². The number of methoxy groups -OCH3 is 1. The molecule has 2 aromatic heterocycles. The maximum Gasteiger partial charge on any atom is 0.226 e. The van der Waals surface area contributed by atoms with Gasteiger partial charge in [0.15, 0.2) is 5.13 Å². The van der Waals surface area contributed by atoms with Gasteiger partial charge in [0.25, 0.3) is 0 Å². The number of fused-ring (bicyclic) bond motifs is 7. The van der Waals surface area contributed by atoms with Crippen molar-refractivity contribution in [1.29, 1.82) is 0 Å². The summed E-state index contributed by atoms with van der Waals surface area (Å²) in [6, 6.07) is 6.67. The van der Waals surface area contributed by atoms with E-state index in [0.29, 0.717) is 35.2 Å². The van der Waals surface area contributed by atoms with Gasteiger partial charge in [0, 0.05) is 28.6 Å². The highest BCUT2D eigenvalue weighted by Gasteiger charge is 2.57. The summed E-state index contributed by atoms with van der Waals surface area (Å²) in [7, 11) is 1.75. The fraction of sp³-hybridized carbons (Fsp3) is 0.519. The minimum absolute atomic E-state index is 0.0569. The Morgan fingerprint density at radius 2 is 2.18 bits per heavy atom. The molecular weight excluding hydrogens is 444 g/mol. The fourth-order valence-corrected chi connectivity index (χ4v) is 8.09. The maximum absolute atomic E-state index is 12.8. The number of hydrogen-bond donors (Lipinski definition) is 2. The molecule has 5 atom stereocenters. The Kier molecular flexibility index (Phi) is 5.28. The lowest BCUT2D eigenvalue weighted by Crippen LogP contribution is -2.44. The Morgan fingerprint density at radius 3 is 2.97 bits per heavy atom. The molecule has 3 aromatic rings. The van der Waals surface area contributed by atoms with Crippen molar-refractivity contribution < 1.29 is 9.53 Å². The van der Waals surface area contributed by atoms with Gasteiger partial charge in [-0.3, -0.25) is 9.89 Å². The number of rotatable bonds is 5. The first-order chi connectivity index (χ1) is 16.5. The number of nitrogens with zero attached hydrogens (tertiary/aromatic N) is 2. The van der Waals surface area contributed by atoms with Crippen LogP contribution in [0.4, 0.5) is 5.13 Å². The molecule has 1 fully saturated rings. The molecule has 1 aromatic carbocycles. The van der Waals surface area contributed by atoms with Crippen LogP contribution < -0.4 is 10.1 Å². The van der Waals surface area contributed by atoms with E-state index in [1.54, 1.807) is 13.3 Å². The van der Waals surface area contributed by atoms with E-state index in [1.807, 2.05) is 13.1 Å². The SMILES string of the molecule is COc1ccc2c(c1)CCC1C2CCC2(C)c3[nH]ncc3C(CCC(=O)Nc3ncc(C)s3)C12. The molecule has 0 radical (unpaired) electrons. The maximum atomic E-state index is 12.8. The number of ether oxygens (including phenoxy) is 1. The summed E-state index contributed by atoms with van der Waals surface area (Å²) in [5, 5.41) is 11.5. The van der Waals surface area contributed by atoms with E-state index in [9.17, 15) is 4.79 Å². The van der Waals surface area contributed by atoms with Crippen LogP contribution in [0.3, 0.4) is 0 Å². The number of hydrogen-bond acceptors (Lipinski definition) is 5. The summed E-state index contributed by atoms with van der Waals surface area (Å²) in [5.74, 6) is 3.10. The van der Waals surface area contributed by atoms with Crippen molar-refractivity contribution in [3.63, 3.8) is 0 Å². The standard InChI is InChI=1S/C27H32N4O2S/c1-15-13-28-26(34-15)30-23(32)9-8-21-22-14-29-31-25(22)27(2)11-10-19-18-7-5-17(33-3)12-16(18)4-6-20(19)24(21)27/h5,7,12-14,19-21,24H,4,6,8-11H2,1-3H3,(H,29,31)(H,28,30,32). The topological polar surface area (TPSA) is 79.9 Å². The zero-order valence-electron chi connectivity index (χ0n) is 20.1. The second-order valence-corrected chi connectivity index (χ2v) is 11.8. The predicted octanol–water partition coefficient (Wildman–Crippen LogP) is 5.71. The van der Waals surface area contributed by atoms with Crippen molar-refractivity contribution in [2.45, 2.75) is 69.6 Å². The lowest BCUT2D eigenvalue weighted by atomic mass is 9.53. The molecule has 1 amide bonds. The monoisotopic (exact) mass is 476 g/mol. The molecule has 2 heterocycles. The number of aromatic nitrogens is 3. The van der Waals surface area contributed by atoms with E-state index >= 15 is 0 Å². The summed E-state index contributed by atoms with van der Waals surface area (Å²) >= 11 is 1.53. The van der Waals surface area contributed by atoms with E-state index in [0.717, 1.165) is 29.9 Å². The molecule has 2 N–H and O–H groups in total. The average Bonchev–Trinajstić information content (AvgIpc) is 3.53. The third-order valence-corrected chi connectivity index (χ3v) is 9.64. The van der Waals surface area contributed by atoms with Crippen LogP contribution >= 0.6 is 11.3 Å². The van der Waals surface area contributed by atoms with Crippen LogP contribution in [-0.4, -0.2) is 28.2 Å². The van der Waals surface area contributed by atoms with Crippen molar-refractivity contribution in [2.75, 3.05) is 12.4 Å². The molecule has 0 saturated heterocycles. The van der Waals surface area contributed by atoms with Crippen LogP contribution in [0.1, 0.15) is 78.1 Å². The minimum atomic E-state index is 0.0569. The summed E-state index contributed by atoms with van der Waals surface area (Å²) < 4.78 is 5.50. The molecule has 0 spiro atoms. The van der Waals surface area contributed by atoms with Crippen LogP contribution in [0, 0.1) is 18.8 Å². The third-order valence-electron chi connectivity index (χ3n) is 8.81. The van der Waals surface area contributed by atoms with Crippen LogP contribution in [0.2, 0.25) is 0 Å². The van der Waals surface area contributed by atoms with Crippen molar-refractivity contribution in [3.8, 4) is 5.75 Å². The number of amides is 1. The zero-order chi connectivity index (χ0) is 23.4. The molecule has 3 aliphatic carbocycles. The molecule has 34 heavy (non-hydrogen) atoms. The first-order valence-electron chi connectivity index (χ1n) is 12.4. The van der Waals surface area contributed by atoms with Crippen molar-refractivity contribution >= 4 is 22.4 Å². The summed E-state index contributed by atoms with van der Waals surface area (Å²) in [5.41, 5.74) is 5.73. The molecule has 178 valence electrons. The van der Waals surface area contributed by atoms with Gasteiger partial charge in [-0.25, -0.2) is 4.98 Å². The fourth-order valence-electron chi connectivity index (χ4n) is 7.41. The van der Waals surface area contributed by atoms with Gasteiger partial charge in [0.1, 0.15) is 5.75 Å². The van der Waals surface area contributed by atoms with Crippen LogP contribution in [0.5, 0.6) is 5.75 Å². The molecule has 6 nitrogen and oxygen atoms in total. The van der Waals surface area contributed by atoms with Gasteiger partial charge >= 0.3 is 0 Å². The van der Waals surface area contributed by atoms with Crippen molar-refractivity contribution in [1.82, 2.24) is 15.2 Å². The Hall–Kier alpha value is -2.67. The highest BCUT2D eigenvalue weighted by molar-refractivity contribution is 7.15. The number of thiazole rings is 1. The molecule has 0 bridgehead atoms. The van der Waals surface area contributed by atoms with Crippen molar-refractivity contribution in [3.05, 3.63) is 57.9 Å². The average molecular weight is 477 g/mol. The van der Waals surface area contributed by atoms with Gasteiger partial charge in [-0.2, -0.15) is 5.10 Å². The highest BCUT2D eigenvalue weighted by Crippen LogP contribution is 2.64. The smallest absolute Gasteiger partial charge is 0.226 e. The lowest BCUT2D eigenvalue weighted by molar-refractivity contribution is -0.116. The molecule has 7 heteroatoms. The van der Waals surface area contributed by atoms with E-state index in [1.165, 1.54) is 46.6 Å². The number of aryl methyl sites for hydroxylation is 2. The van der Waals surface area contributed by atoms with E-state index in [-0.39, 0.29) is 11.3 Å². The van der Waals surface area contributed by atoms with E-state index in [2.05, 4.69) is 45.6 Å². The Morgan fingerprint density at radius 1 is 1.29 bits per heavy atom. The first-order valence-corrected chi connectivity index (χ1v) is 13.2. The van der Waals surface area contributed by atoms with Gasteiger partial charge in [-0.1, -0.05) is 13.0 Å². The number of carbonyl (C=O) groups is 1. The summed E-state index contributed by atoms with van der Waals surface area (Å²) in [6.45, 7) is 4.44. The van der Waals surface area contributed by atoms with E-state index < -0.39 is 0 Å². The zero-order valence-corrected chi connectivity index (χ0v) is 20.9. The van der Waals surface area contributed by atoms with Crippen LogP contribution in [0.15, 0.2) is 30.6 Å². The molecular formula is C27H32N4O2S. The Balaban J connectivity index is 1.27. The molecule has 5 unspecified atom stereocenters. The largest absolute Gasteiger partial charge is 0.497 e. The molecule has 6 rings (SSSR count). The number of carbonyl (C=O) groups excluding carboxylic acids is 1. The predicted molar refractivity (Wildman–Crippen MR) is 134 cm³/mol. The Labute approximate surface area is 204 Å². The number of H-pyrrole nitrogens is 1. The van der Waals surface area contributed by atoms with Gasteiger partial charge in [0.2, 0.25) is 5.91 Å². The number of aromatic amines is 1. The normalized spacial score (nSPS) is 29.0. The molecule has 1 saturated carbocycles. The molecule has 3 aliphatic rings. The summed E-state index contributed by atoms with van der Waals surface area (Å²) in [6.07, 6.45) is 9.84. The second-order valence-electron chi connectivity index (χ2n) is 10.5. The minimum Gasteiger partial charge on any atom is -0.497 e. The van der Waals surface area contributed by atoms with Gasteiger partial charge in [0.05, 0.1) is 13.3 Å². The van der Waals surface area contributed by atoms with Gasteiger partial charge in [-0.15, -0.1) is 11.3 Å². The number of anilines is 1. The summed E-state index contributed by atoms with van der Waals surface area (Å²) in [4.78, 5) is 18.2. The lowest BCUT2D eigenvalue weighted by Gasteiger charge is -2.50. The number of benzene rings is 1. The number of nitrogens with one attached hydrogen (secondary N) is 2. The van der Waals surface area contributed by atoms with Crippen LogP contribution in [0.25, 0.3) is 0 Å². The Bertz CT molecular complexity index is 1230. The van der Waals surface area contributed by atoms with Gasteiger partial charge < -0.3 is 10.1 Å². The first kappa shape index (κ1) is 21.8. The van der Waals surface area contributed by atoms with Crippen molar-refractivity contribution in [2.24, 2.45) is 11.8 Å². The second kappa shape index (κ2) is 8.22.